The van der Waals surface area contributed by atoms with Crippen LogP contribution in [0.25, 0.3) is 11.4 Å². The quantitative estimate of drug-likeness (QED) is 0.515. The molecular formula is C23H26ClN3O3. The second kappa shape index (κ2) is 9.30. The molecule has 6 nitrogen and oxygen atoms in total. The van der Waals surface area contributed by atoms with Gasteiger partial charge in [-0.1, -0.05) is 54.9 Å². The molecule has 3 rings (SSSR count). The van der Waals surface area contributed by atoms with Crippen LogP contribution in [-0.2, 0) is 11.3 Å². The van der Waals surface area contributed by atoms with Gasteiger partial charge in [0.1, 0.15) is 5.75 Å². The predicted octanol–water partition coefficient (Wildman–Crippen LogP) is 5.25. The van der Waals surface area contributed by atoms with Crippen molar-refractivity contribution in [2.24, 2.45) is 0 Å². The van der Waals surface area contributed by atoms with Crippen LogP contribution in [0.2, 0.25) is 5.02 Å². The zero-order chi connectivity index (χ0) is 21.8. The van der Waals surface area contributed by atoms with Gasteiger partial charge >= 0.3 is 0 Å². The van der Waals surface area contributed by atoms with Crippen LogP contribution in [0.3, 0.4) is 0 Å². The second-order valence-electron chi connectivity index (χ2n) is 7.64. The van der Waals surface area contributed by atoms with Gasteiger partial charge < -0.3 is 14.2 Å². The highest BCUT2D eigenvalue weighted by Crippen LogP contribution is 2.29. The van der Waals surface area contributed by atoms with E-state index in [4.69, 9.17) is 20.9 Å². The van der Waals surface area contributed by atoms with Gasteiger partial charge in [0.05, 0.1) is 11.6 Å². The van der Waals surface area contributed by atoms with E-state index in [1.165, 1.54) is 4.90 Å². The van der Waals surface area contributed by atoms with E-state index in [2.05, 4.69) is 24.0 Å². The smallest absolute Gasteiger partial charge is 0.263 e. The van der Waals surface area contributed by atoms with E-state index >= 15 is 0 Å². The Balaban J connectivity index is 1.68. The number of ether oxygens (including phenoxy) is 1. The summed E-state index contributed by atoms with van der Waals surface area (Å²) in [7, 11) is 1.68. The first-order valence-corrected chi connectivity index (χ1v) is 10.2. The van der Waals surface area contributed by atoms with Crippen LogP contribution in [0.1, 0.15) is 43.7 Å². The Bertz CT molecular complexity index is 1030. The van der Waals surface area contributed by atoms with E-state index in [-0.39, 0.29) is 12.5 Å². The van der Waals surface area contributed by atoms with Gasteiger partial charge in [-0.2, -0.15) is 4.98 Å². The van der Waals surface area contributed by atoms with Crippen LogP contribution >= 0.6 is 11.6 Å². The lowest BCUT2D eigenvalue weighted by molar-refractivity contribution is -0.137. The summed E-state index contributed by atoms with van der Waals surface area (Å²) in [6.07, 6.45) is -0.653. The third kappa shape index (κ3) is 5.00. The van der Waals surface area contributed by atoms with Crippen LogP contribution in [0.5, 0.6) is 5.75 Å². The minimum Gasteiger partial charge on any atom is -0.481 e. The molecule has 1 aromatic heterocycles. The lowest BCUT2D eigenvalue weighted by Crippen LogP contribution is -2.37. The number of carbonyl (C=O) groups is 1. The largest absolute Gasteiger partial charge is 0.481 e. The molecule has 30 heavy (non-hydrogen) atoms. The van der Waals surface area contributed by atoms with Gasteiger partial charge in [-0.05, 0) is 49.1 Å². The maximum atomic E-state index is 12.8. The van der Waals surface area contributed by atoms with Gasteiger partial charge in [0.15, 0.2) is 6.10 Å². The third-order valence-corrected chi connectivity index (χ3v) is 5.10. The molecule has 0 spiro atoms. The van der Waals surface area contributed by atoms with E-state index in [1.54, 1.807) is 20.0 Å². The van der Waals surface area contributed by atoms with Gasteiger partial charge in [0, 0.05) is 12.6 Å². The van der Waals surface area contributed by atoms with Crippen LogP contribution in [-0.4, -0.2) is 34.1 Å². The molecule has 0 radical (unpaired) electrons. The summed E-state index contributed by atoms with van der Waals surface area (Å²) in [5.41, 5.74) is 2.84. The fourth-order valence-electron chi connectivity index (χ4n) is 3.12. The maximum Gasteiger partial charge on any atom is 0.263 e. The van der Waals surface area contributed by atoms with E-state index < -0.39 is 6.10 Å². The molecule has 0 aliphatic carbocycles. The number of nitrogens with zero attached hydrogens (tertiary/aromatic N) is 3. The summed E-state index contributed by atoms with van der Waals surface area (Å²) in [5, 5.41) is 4.51. The Morgan fingerprint density at radius 1 is 1.20 bits per heavy atom. The zero-order valence-corrected chi connectivity index (χ0v) is 18.6. The number of hydrogen-bond donors (Lipinski definition) is 0. The summed E-state index contributed by atoms with van der Waals surface area (Å²) in [5.74, 6) is 1.57. The molecule has 0 aliphatic rings. The summed E-state index contributed by atoms with van der Waals surface area (Å²) in [6.45, 7) is 8.12. The van der Waals surface area contributed by atoms with E-state index in [1.807, 2.05) is 43.3 Å². The first-order valence-electron chi connectivity index (χ1n) is 9.86. The highest BCUT2D eigenvalue weighted by molar-refractivity contribution is 6.33. The molecule has 0 saturated heterocycles. The average molecular weight is 428 g/mol. The van der Waals surface area contributed by atoms with Crippen molar-refractivity contribution >= 4 is 17.5 Å². The highest BCUT2D eigenvalue weighted by atomic mass is 35.5. The molecule has 1 amide bonds. The summed E-state index contributed by atoms with van der Waals surface area (Å²) in [4.78, 5) is 18.7. The molecule has 0 fully saturated rings. The Hall–Kier alpha value is -2.86. The molecule has 0 aliphatic heterocycles. The Kier molecular flexibility index (Phi) is 6.77. The Morgan fingerprint density at radius 3 is 2.63 bits per heavy atom. The molecular weight excluding hydrogens is 402 g/mol. The van der Waals surface area contributed by atoms with Crippen molar-refractivity contribution in [3.05, 3.63) is 64.5 Å². The van der Waals surface area contributed by atoms with Crippen LogP contribution in [0.15, 0.2) is 47.0 Å². The van der Waals surface area contributed by atoms with Gasteiger partial charge in [0.25, 0.3) is 5.91 Å². The van der Waals surface area contributed by atoms with Crippen molar-refractivity contribution < 1.29 is 14.1 Å². The first-order chi connectivity index (χ1) is 14.3. The molecule has 0 bridgehead atoms. The number of hydrogen-bond acceptors (Lipinski definition) is 5. The van der Waals surface area contributed by atoms with Gasteiger partial charge in [-0.15, -0.1) is 0 Å². The van der Waals surface area contributed by atoms with Crippen LogP contribution < -0.4 is 4.74 Å². The zero-order valence-electron chi connectivity index (χ0n) is 17.8. The number of halogens is 1. The van der Waals surface area contributed by atoms with Crippen molar-refractivity contribution in [1.29, 1.82) is 0 Å². The fraction of sp³-hybridized carbons (Fsp3) is 0.348. The molecule has 3 aromatic rings. The summed E-state index contributed by atoms with van der Waals surface area (Å²) >= 11 is 6.19. The van der Waals surface area contributed by atoms with Crippen molar-refractivity contribution in [2.45, 2.75) is 46.3 Å². The van der Waals surface area contributed by atoms with Crippen molar-refractivity contribution in [2.75, 3.05) is 7.05 Å². The number of amides is 1. The molecule has 158 valence electrons. The minimum atomic E-state index is -0.653. The summed E-state index contributed by atoms with van der Waals surface area (Å²) < 4.78 is 11.3. The number of aromatic nitrogens is 2. The van der Waals surface area contributed by atoms with Crippen LogP contribution in [0, 0.1) is 6.92 Å². The number of carbonyl (C=O) groups excluding carboxylic acids is 1. The summed E-state index contributed by atoms with van der Waals surface area (Å²) in [6, 6.07) is 13.3. The standard InChI is InChI=1S/C23H26ClN3O3/c1-14(2)17-11-10-15(3)12-20(17)29-16(4)23(28)27(5)13-21-25-22(26-30-21)18-8-6-7-9-19(18)24/h6-12,14,16H,13H2,1-5H3/t16-/m0/s1. The third-order valence-electron chi connectivity index (χ3n) is 4.77. The second-order valence-corrected chi connectivity index (χ2v) is 8.05. The molecule has 0 unspecified atom stereocenters. The first kappa shape index (κ1) is 21.8. The number of rotatable bonds is 7. The van der Waals surface area contributed by atoms with E-state index in [0.29, 0.717) is 28.2 Å². The molecule has 0 N–H and O–H groups in total. The lowest BCUT2D eigenvalue weighted by atomic mass is 10.0. The van der Waals surface area contributed by atoms with Gasteiger partial charge in [0.2, 0.25) is 11.7 Å². The van der Waals surface area contributed by atoms with Crippen molar-refractivity contribution in [1.82, 2.24) is 15.0 Å². The maximum absolute atomic E-state index is 12.8. The molecule has 7 heteroatoms. The lowest BCUT2D eigenvalue weighted by Gasteiger charge is -2.23. The molecule has 1 atom stereocenters. The Labute approximate surface area is 181 Å². The average Bonchev–Trinajstić information content (AvgIpc) is 3.15. The number of benzene rings is 2. The van der Waals surface area contributed by atoms with Gasteiger partial charge in [-0.25, -0.2) is 0 Å². The normalized spacial score (nSPS) is 12.1. The highest BCUT2D eigenvalue weighted by Gasteiger charge is 2.23. The monoisotopic (exact) mass is 427 g/mol. The fourth-order valence-corrected chi connectivity index (χ4v) is 3.34. The minimum absolute atomic E-state index is 0.175. The predicted molar refractivity (Wildman–Crippen MR) is 117 cm³/mol. The molecule has 1 heterocycles. The van der Waals surface area contributed by atoms with Gasteiger partial charge in [-0.3, -0.25) is 4.79 Å². The number of aryl methyl sites for hydroxylation is 1. The topological polar surface area (TPSA) is 68.5 Å². The van der Waals surface area contributed by atoms with Crippen molar-refractivity contribution in [3.8, 4) is 17.1 Å². The van der Waals surface area contributed by atoms with E-state index in [9.17, 15) is 4.79 Å². The molecule has 2 aromatic carbocycles. The van der Waals surface area contributed by atoms with Crippen molar-refractivity contribution in [3.63, 3.8) is 0 Å². The number of likely N-dealkylation sites (N-methyl/N-ethyl adjacent to an activating group) is 1. The van der Waals surface area contributed by atoms with Crippen LogP contribution in [0.4, 0.5) is 0 Å². The SMILES string of the molecule is Cc1ccc(C(C)C)c(O[C@@H](C)C(=O)N(C)Cc2nc(-c3ccccc3Cl)no2)c1. The Morgan fingerprint density at radius 2 is 1.93 bits per heavy atom. The molecule has 0 saturated carbocycles. The van der Waals surface area contributed by atoms with E-state index in [0.717, 1.165) is 16.9 Å².